The summed E-state index contributed by atoms with van der Waals surface area (Å²) in [4.78, 5) is 0. The molecule has 0 N–H and O–H groups in total. The maximum absolute atomic E-state index is 6.31. The fraction of sp³-hybridized carbons (Fsp3) is 1.00. The molecule has 0 aromatic rings. The van der Waals surface area contributed by atoms with Crippen LogP contribution in [-0.2, 0) is 9.47 Å². The summed E-state index contributed by atoms with van der Waals surface area (Å²) >= 11 is 0. The summed E-state index contributed by atoms with van der Waals surface area (Å²) in [6, 6.07) is 0.558. The van der Waals surface area contributed by atoms with E-state index in [2.05, 4.69) is 35.0 Å². The van der Waals surface area contributed by atoms with Crippen molar-refractivity contribution in [3.8, 4) is 0 Å². The Morgan fingerprint density at radius 2 is 1.36 bits per heavy atom. The first-order valence-electron chi connectivity index (χ1n) is 10.9. The minimum Gasteiger partial charge on any atom is -0.385 e. The second kappa shape index (κ2) is 16.1. The molecular formula is C22H48NO2+. The molecule has 0 bridgehead atoms. The molecule has 3 heteroatoms. The molecule has 0 spiro atoms. The van der Waals surface area contributed by atoms with Gasteiger partial charge in [-0.1, -0.05) is 65.2 Å². The van der Waals surface area contributed by atoms with Crippen molar-refractivity contribution in [2.45, 2.75) is 103 Å². The van der Waals surface area contributed by atoms with Crippen LogP contribution in [0.3, 0.4) is 0 Å². The topological polar surface area (TPSA) is 18.5 Å². The molecule has 2 unspecified atom stereocenters. The molecule has 0 aliphatic heterocycles. The quantitative estimate of drug-likeness (QED) is 0.227. The Labute approximate surface area is 159 Å². The van der Waals surface area contributed by atoms with E-state index >= 15 is 0 Å². The number of nitrogens with zero attached hydrogens (tertiary/aromatic N) is 1. The second-order valence-corrected chi connectivity index (χ2v) is 8.53. The molecule has 0 heterocycles. The zero-order chi connectivity index (χ0) is 19.0. The lowest BCUT2D eigenvalue weighted by Crippen LogP contribution is -2.48. The van der Waals surface area contributed by atoms with Gasteiger partial charge in [0.05, 0.1) is 33.9 Å². The lowest BCUT2D eigenvalue weighted by atomic mass is 10.0. The van der Waals surface area contributed by atoms with E-state index in [-0.39, 0.29) is 0 Å². The van der Waals surface area contributed by atoms with Gasteiger partial charge in [-0.05, 0) is 19.3 Å². The first-order chi connectivity index (χ1) is 12.0. The molecule has 0 saturated carbocycles. The van der Waals surface area contributed by atoms with Gasteiger partial charge in [-0.25, -0.2) is 0 Å². The molecule has 152 valence electrons. The zero-order valence-electron chi connectivity index (χ0n) is 18.3. The van der Waals surface area contributed by atoms with Crippen molar-refractivity contribution >= 4 is 0 Å². The molecule has 0 aromatic carbocycles. The SMILES string of the molecule is CCCCCCCCCCC(CC)OCC(CCCOC)[N+](C)(C)C. The summed E-state index contributed by atoms with van der Waals surface area (Å²) in [6.45, 7) is 6.28. The highest BCUT2D eigenvalue weighted by Crippen LogP contribution is 2.16. The van der Waals surface area contributed by atoms with Crippen LogP contribution in [0.1, 0.15) is 90.9 Å². The second-order valence-electron chi connectivity index (χ2n) is 8.53. The molecule has 0 radical (unpaired) electrons. The number of quaternary nitrogens is 1. The van der Waals surface area contributed by atoms with Crippen LogP contribution in [0, 0.1) is 0 Å². The molecule has 0 amide bonds. The first kappa shape index (κ1) is 24.9. The van der Waals surface area contributed by atoms with Crippen LogP contribution in [0.2, 0.25) is 0 Å². The summed E-state index contributed by atoms with van der Waals surface area (Å²) < 4.78 is 12.5. The van der Waals surface area contributed by atoms with Crippen LogP contribution in [0.4, 0.5) is 0 Å². The highest BCUT2D eigenvalue weighted by atomic mass is 16.5. The smallest absolute Gasteiger partial charge is 0.112 e. The minimum atomic E-state index is 0.441. The fourth-order valence-corrected chi connectivity index (χ4v) is 3.32. The monoisotopic (exact) mass is 358 g/mol. The van der Waals surface area contributed by atoms with Crippen molar-refractivity contribution in [1.82, 2.24) is 0 Å². The van der Waals surface area contributed by atoms with E-state index in [4.69, 9.17) is 9.47 Å². The largest absolute Gasteiger partial charge is 0.385 e. The van der Waals surface area contributed by atoms with Crippen molar-refractivity contribution in [2.24, 2.45) is 0 Å². The third-order valence-electron chi connectivity index (χ3n) is 5.34. The Kier molecular flexibility index (Phi) is 16.0. The van der Waals surface area contributed by atoms with Crippen molar-refractivity contribution in [3.63, 3.8) is 0 Å². The van der Waals surface area contributed by atoms with Gasteiger partial charge in [-0.15, -0.1) is 0 Å². The van der Waals surface area contributed by atoms with Gasteiger partial charge < -0.3 is 14.0 Å². The number of hydrogen-bond acceptors (Lipinski definition) is 2. The van der Waals surface area contributed by atoms with E-state index in [0.717, 1.165) is 30.5 Å². The average molecular weight is 359 g/mol. The molecule has 0 aromatic heterocycles. The molecule has 2 atom stereocenters. The average Bonchev–Trinajstić information content (AvgIpc) is 2.57. The molecule has 3 nitrogen and oxygen atoms in total. The summed E-state index contributed by atoms with van der Waals surface area (Å²) in [6.07, 6.45) is 16.2. The first-order valence-corrected chi connectivity index (χ1v) is 10.9. The van der Waals surface area contributed by atoms with Crippen LogP contribution >= 0.6 is 0 Å². The van der Waals surface area contributed by atoms with Gasteiger partial charge in [0.15, 0.2) is 0 Å². The number of rotatable bonds is 18. The Morgan fingerprint density at radius 1 is 0.760 bits per heavy atom. The van der Waals surface area contributed by atoms with Gasteiger partial charge in [0.1, 0.15) is 6.04 Å². The van der Waals surface area contributed by atoms with Crippen molar-refractivity contribution in [2.75, 3.05) is 41.5 Å². The van der Waals surface area contributed by atoms with Crippen LogP contribution in [0.5, 0.6) is 0 Å². The predicted octanol–water partition coefficient (Wildman–Crippen LogP) is 5.81. The van der Waals surface area contributed by atoms with Gasteiger partial charge in [-0.3, -0.25) is 0 Å². The zero-order valence-corrected chi connectivity index (χ0v) is 18.3. The lowest BCUT2D eigenvalue weighted by molar-refractivity contribution is -0.897. The van der Waals surface area contributed by atoms with Gasteiger partial charge in [0.2, 0.25) is 0 Å². The van der Waals surface area contributed by atoms with Crippen LogP contribution in [0.25, 0.3) is 0 Å². The van der Waals surface area contributed by atoms with Gasteiger partial charge in [0.25, 0.3) is 0 Å². The third kappa shape index (κ3) is 14.7. The van der Waals surface area contributed by atoms with Crippen LogP contribution < -0.4 is 0 Å². The predicted molar refractivity (Wildman–Crippen MR) is 110 cm³/mol. The Morgan fingerprint density at radius 3 is 1.88 bits per heavy atom. The fourth-order valence-electron chi connectivity index (χ4n) is 3.32. The number of likely N-dealkylation sites (N-methyl/N-ethyl adjacent to an activating group) is 1. The van der Waals surface area contributed by atoms with E-state index in [1.54, 1.807) is 7.11 Å². The van der Waals surface area contributed by atoms with E-state index in [9.17, 15) is 0 Å². The van der Waals surface area contributed by atoms with E-state index < -0.39 is 0 Å². The molecule has 0 aliphatic carbocycles. The maximum Gasteiger partial charge on any atom is 0.112 e. The standard InChI is InChI=1S/C22H48NO2/c1-7-9-10-11-12-13-14-15-18-22(8-2)25-20-21(23(3,4)5)17-16-19-24-6/h21-22H,7-20H2,1-6H3/q+1. The molecule has 0 rings (SSSR count). The van der Waals surface area contributed by atoms with E-state index in [1.807, 2.05) is 0 Å². The third-order valence-corrected chi connectivity index (χ3v) is 5.34. The number of methoxy groups -OCH3 is 1. The molecule has 25 heavy (non-hydrogen) atoms. The normalized spacial score (nSPS) is 14.6. The van der Waals surface area contributed by atoms with Crippen LogP contribution in [0.15, 0.2) is 0 Å². The lowest BCUT2D eigenvalue weighted by Gasteiger charge is -2.35. The van der Waals surface area contributed by atoms with Gasteiger partial charge in [-0.2, -0.15) is 0 Å². The van der Waals surface area contributed by atoms with Crippen LogP contribution in [-0.4, -0.2) is 58.1 Å². The Bertz CT molecular complexity index is 276. The Hall–Kier alpha value is -0.120. The highest BCUT2D eigenvalue weighted by molar-refractivity contribution is 4.62. The number of ether oxygens (including phenoxy) is 2. The van der Waals surface area contributed by atoms with Crippen molar-refractivity contribution < 1.29 is 14.0 Å². The van der Waals surface area contributed by atoms with E-state index in [1.165, 1.54) is 64.2 Å². The molecular weight excluding hydrogens is 310 g/mol. The molecule has 0 saturated heterocycles. The maximum atomic E-state index is 6.31. The van der Waals surface area contributed by atoms with E-state index in [0.29, 0.717) is 12.1 Å². The van der Waals surface area contributed by atoms with Gasteiger partial charge >= 0.3 is 0 Å². The van der Waals surface area contributed by atoms with Crippen molar-refractivity contribution in [3.05, 3.63) is 0 Å². The molecule has 0 aliphatic rings. The summed E-state index contributed by atoms with van der Waals surface area (Å²) in [5.41, 5.74) is 0. The summed E-state index contributed by atoms with van der Waals surface area (Å²) in [5, 5.41) is 0. The number of hydrogen-bond donors (Lipinski definition) is 0. The molecule has 0 fully saturated rings. The highest BCUT2D eigenvalue weighted by Gasteiger charge is 2.24. The summed E-state index contributed by atoms with van der Waals surface area (Å²) in [5.74, 6) is 0. The van der Waals surface area contributed by atoms with Crippen molar-refractivity contribution in [1.29, 1.82) is 0 Å². The van der Waals surface area contributed by atoms with Gasteiger partial charge in [0, 0.05) is 20.1 Å². The Balaban J connectivity index is 3.92. The summed E-state index contributed by atoms with van der Waals surface area (Å²) in [7, 11) is 8.62. The number of unbranched alkanes of at least 4 members (excludes halogenated alkanes) is 7. The minimum absolute atomic E-state index is 0.441.